The summed E-state index contributed by atoms with van der Waals surface area (Å²) in [7, 11) is -3.47. The number of allylic oxidation sites excluding steroid dienone is 2. The van der Waals surface area contributed by atoms with Crippen LogP contribution in [0.5, 0.6) is 0 Å². The van der Waals surface area contributed by atoms with Crippen molar-refractivity contribution in [3.63, 3.8) is 0 Å². The highest BCUT2D eigenvalue weighted by atomic mass is 32.2. The van der Waals surface area contributed by atoms with E-state index in [9.17, 15) is 8.42 Å². The molecule has 0 fully saturated rings. The van der Waals surface area contributed by atoms with E-state index in [0.29, 0.717) is 19.4 Å². The Bertz CT molecular complexity index is 385. The van der Waals surface area contributed by atoms with Gasteiger partial charge in [-0.05, 0) is 26.7 Å². The monoisotopic (exact) mass is 334 g/mol. The van der Waals surface area contributed by atoms with Crippen molar-refractivity contribution in [2.75, 3.05) is 6.54 Å². The maximum Gasteiger partial charge on any atom is 0.239 e. The van der Waals surface area contributed by atoms with Crippen LogP contribution in [0.25, 0.3) is 0 Å². The molecule has 0 amide bonds. The van der Waals surface area contributed by atoms with Gasteiger partial charge in [0.2, 0.25) is 10.0 Å². The SMILES string of the molecule is C=C(C)CCC(=C)S(=O)(=O)N(CC)[C@@H](C)N.CC.CCCC. The van der Waals surface area contributed by atoms with E-state index in [1.54, 1.807) is 13.8 Å². The molecule has 22 heavy (non-hydrogen) atoms. The molecule has 0 heterocycles. The molecule has 0 rings (SSSR count). The van der Waals surface area contributed by atoms with Gasteiger partial charge in [-0.2, -0.15) is 4.31 Å². The van der Waals surface area contributed by atoms with Crippen LogP contribution in [0.15, 0.2) is 23.6 Å². The van der Waals surface area contributed by atoms with Crippen LogP contribution in [-0.2, 0) is 10.0 Å². The molecule has 0 saturated carbocycles. The van der Waals surface area contributed by atoms with E-state index in [1.807, 2.05) is 20.8 Å². The van der Waals surface area contributed by atoms with E-state index in [-0.39, 0.29) is 4.91 Å². The first-order valence-electron chi connectivity index (χ1n) is 8.24. The van der Waals surface area contributed by atoms with Gasteiger partial charge in [0, 0.05) is 6.54 Å². The third kappa shape index (κ3) is 12.0. The van der Waals surface area contributed by atoms with E-state index >= 15 is 0 Å². The average Bonchev–Trinajstić information content (AvgIpc) is 2.46. The van der Waals surface area contributed by atoms with Gasteiger partial charge >= 0.3 is 0 Å². The molecular formula is C17H38N2O2S. The van der Waals surface area contributed by atoms with Gasteiger partial charge in [-0.15, -0.1) is 6.58 Å². The van der Waals surface area contributed by atoms with Crippen LogP contribution in [0.2, 0.25) is 0 Å². The molecule has 0 radical (unpaired) electrons. The average molecular weight is 335 g/mol. The Balaban J connectivity index is -0.000000516. The van der Waals surface area contributed by atoms with Gasteiger partial charge in [0.05, 0.1) is 11.1 Å². The van der Waals surface area contributed by atoms with E-state index in [1.165, 1.54) is 17.1 Å². The van der Waals surface area contributed by atoms with E-state index < -0.39 is 16.2 Å². The predicted molar refractivity (Wildman–Crippen MR) is 100 cm³/mol. The van der Waals surface area contributed by atoms with Crippen molar-refractivity contribution in [1.82, 2.24) is 4.31 Å². The lowest BCUT2D eigenvalue weighted by Gasteiger charge is -2.25. The Morgan fingerprint density at radius 2 is 1.50 bits per heavy atom. The van der Waals surface area contributed by atoms with Crippen molar-refractivity contribution in [2.24, 2.45) is 5.73 Å². The van der Waals surface area contributed by atoms with Crippen molar-refractivity contribution in [2.45, 2.75) is 80.3 Å². The largest absolute Gasteiger partial charge is 0.315 e. The van der Waals surface area contributed by atoms with Crippen LogP contribution in [0.4, 0.5) is 0 Å². The Hall–Kier alpha value is -0.650. The maximum atomic E-state index is 12.0. The molecule has 5 heteroatoms. The van der Waals surface area contributed by atoms with Gasteiger partial charge in [-0.3, -0.25) is 0 Å². The van der Waals surface area contributed by atoms with Crippen LogP contribution in [0, 0.1) is 0 Å². The summed E-state index contributed by atoms with van der Waals surface area (Å²) in [5, 5.41) is 0. The molecule has 0 aromatic carbocycles. The number of hydrogen-bond acceptors (Lipinski definition) is 3. The number of hydrogen-bond donors (Lipinski definition) is 1. The Kier molecular flexibility index (Phi) is 18.2. The second kappa shape index (κ2) is 15.3. The summed E-state index contributed by atoms with van der Waals surface area (Å²) in [5.41, 5.74) is 6.56. The van der Waals surface area contributed by atoms with E-state index in [0.717, 1.165) is 5.57 Å². The Labute approximate surface area is 139 Å². The topological polar surface area (TPSA) is 63.4 Å². The van der Waals surface area contributed by atoms with Crippen molar-refractivity contribution in [1.29, 1.82) is 0 Å². The zero-order chi connectivity index (χ0) is 18.3. The van der Waals surface area contributed by atoms with Crippen LogP contribution < -0.4 is 5.73 Å². The third-order valence-electron chi connectivity index (χ3n) is 2.77. The third-order valence-corrected chi connectivity index (χ3v) is 4.91. The molecule has 0 aliphatic carbocycles. The highest BCUT2D eigenvalue weighted by Gasteiger charge is 2.26. The lowest BCUT2D eigenvalue weighted by Crippen LogP contribution is -2.43. The summed E-state index contributed by atoms with van der Waals surface area (Å²) >= 11 is 0. The molecule has 0 aliphatic heterocycles. The number of rotatable bonds is 8. The van der Waals surface area contributed by atoms with Crippen LogP contribution in [0.3, 0.4) is 0 Å². The number of unbranched alkanes of at least 4 members (excludes halogenated alkanes) is 1. The molecule has 1 atom stereocenters. The zero-order valence-corrected chi connectivity index (χ0v) is 16.6. The minimum Gasteiger partial charge on any atom is -0.315 e. The van der Waals surface area contributed by atoms with Crippen molar-refractivity contribution in [3.05, 3.63) is 23.6 Å². The highest BCUT2D eigenvalue weighted by Crippen LogP contribution is 2.19. The van der Waals surface area contributed by atoms with Gasteiger partial charge < -0.3 is 5.73 Å². The summed E-state index contributed by atoms with van der Waals surface area (Å²) in [6.45, 7) is 21.3. The standard InChI is InChI=1S/C11H22N2O2S.C4H10.C2H6/c1-6-13(11(5)12)16(14,15)10(4)8-7-9(2)3;1-3-4-2;1-2/h11H,2,4,6-8,12H2,1,3,5H3;3-4H2,1-2H3;1-2H3/t11-;;/m0../s1. The Morgan fingerprint density at radius 1 is 1.09 bits per heavy atom. The van der Waals surface area contributed by atoms with Crippen molar-refractivity contribution >= 4 is 10.0 Å². The highest BCUT2D eigenvalue weighted by molar-refractivity contribution is 7.93. The molecule has 0 aliphatic rings. The molecule has 0 aromatic heterocycles. The first-order chi connectivity index (χ1) is 10.1. The van der Waals surface area contributed by atoms with E-state index in [2.05, 4.69) is 27.0 Å². The maximum absolute atomic E-state index is 12.0. The number of sulfonamides is 1. The summed E-state index contributed by atoms with van der Waals surface area (Å²) in [6, 6.07) is 0. The molecule has 0 unspecified atom stereocenters. The molecule has 0 aromatic rings. The number of nitrogens with two attached hydrogens (primary N) is 1. The van der Waals surface area contributed by atoms with Crippen LogP contribution in [-0.4, -0.2) is 25.4 Å². The minimum absolute atomic E-state index is 0.203. The lowest BCUT2D eigenvalue weighted by atomic mass is 10.2. The normalized spacial score (nSPS) is 11.7. The predicted octanol–water partition coefficient (Wildman–Crippen LogP) is 4.65. The summed E-state index contributed by atoms with van der Waals surface area (Å²) in [6.07, 6.45) is 3.15. The first-order valence-corrected chi connectivity index (χ1v) is 9.68. The second-order valence-corrected chi connectivity index (χ2v) is 6.94. The molecule has 0 saturated heterocycles. The quantitative estimate of drug-likeness (QED) is 0.519. The Morgan fingerprint density at radius 3 is 1.73 bits per heavy atom. The van der Waals surface area contributed by atoms with Crippen LogP contribution in [0.1, 0.15) is 74.1 Å². The molecule has 4 nitrogen and oxygen atoms in total. The number of nitrogens with zero attached hydrogens (tertiary/aromatic N) is 1. The van der Waals surface area contributed by atoms with Crippen molar-refractivity contribution in [3.8, 4) is 0 Å². The fraction of sp³-hybridized carbons (Fsp3) is 0.765. The first kappa shape index (κ1) is 26.3. The van der Waals surface area contributed by atoms with Gasteiger partial charge in [0.25, 0.3) is 0 Å². The molecule has 134 valence electrons. The van der Waals surface area contributed by atoms with Gasteiger partial charge in [-0.25, -0.2) is 8.42 Å². The molecule has 0 spiro atoms. The minimum atomic E-state index is -3.47. The van der Waals surface area contributed by atoms with Crippen LogP contribution >= 0.6 is 0 Å². The van der Waals surface area contributed by atoms with E-state index in [4.69, 9.17) is 5.73 Å². The summed E-state index contributed by atoms with van der Waals surface area (Å²) < 4.78 is 25.3. The summed E-state index contributed by atoms with van der Waals surface area (Å²) in [5.74, 6) is 0. The fourth-order valence-corrected chi connectivity index (χ4v) is 2.79. The van der Waals surface area contributed by atoms with Gasteiger partial charge in [0.1, 0.15) is 0 Å². The molecular weight excluding hydrogens is 296 g/mol. The summed E-state index contributed by atoms with van der Waals surface area (Å²) in [4.78, 5) is 0.203. The smallest absolute Gasteiger partial charge is 0.239 e. The zero-order valence-electron chi connectivity index (χ0n) is 15.8. The second-order valence-electron chi connectivity index (χ2n) is 4.94. The lowest BCUT2D eigenvalue weighted by molar-refractivity contribution is 0.360. The van der Waals surface area contributed by atoms with Crippen molar-refractivity contribution < 1.29 is 8.42 Å². The fourth-order valence-electron chi connectivity index (χ4n) is 1.32. The van der Waals surface area contributed by atoms with Gasteiger partial charge in [-0.1, -0.05) is 59.6 Å². The van der Waals surface area contributed by atoms with Gasteiger partial charge in [0.15, 0.2) is 0 Å². The molecule has 2 N–H and O–H groups in total. The molecule has 0 bridgehead atoms.